The van der Waals surface area contributed by atoms with Gasteiger partial charge in [-0.2, -0.15) is 5.10 Å². The molecular formula is C25H21N5S. The first-order valence-corrected chi connectivity index (χ1v) is 10.8. The fraction of sp³-hybridized carbons (Fsp3) is 0.0800. The molecule has 5 aromatic rings. The summed E-state index contributed by atoms with van der Waals surface area (Å²) >= 11 is 1.78. The standard InChI is InChI=1S/C25H21N5S/c1-4-5-18(24-7-6-15(2)31-24)19-12-22(28-16(19)3)25-20-13-21(17-8-10-26-11-9-17)27-14-23(20)29-30-25/h4-14,28H,1H2,2-3H3,(H,29,30)/b18-5+. The second-order valence-electron chi connectivity index (χ2n) is 7.37. The Morgan fingerprint density at radius 2 is 1.94 bits per heavy atom. The van der Waals surface area contributed by atoms with Crippen LogP contribution in [0.25, 0.3) is 39.1 Å². The Bertz CT molecular complexity index is 1420. The fourth-order valence-electron chi connectivity index (χ4n) is 3.77. The summed E-state index contributed by atoms with van der Waals surface area (Å²) in [6.45, 7) is 8.13. The highest BCUT2D eigenvalue weighted by atomic mass is 32.1. The van der Waals surface area contributed by atoms with E-state index in [0.717, 1.165) is 50.4 Å². The molecule has 0 amide bonds. The highest BCUT2D eigenvalue weighted by molar-refractivity contribution is 7.13. The summed E-state index contributed by atoms with van der Waals surface area (Å²) in [7, 11) is 0. The summed E-state index contributed by atoms with van der Waals surface area (Å²) in [5, 5.41) is 8.73. The van der Waals surface area contributed by atoms with E-state index in [0.29, 0.717) is 0 Å². The van der Waals surface area contributed by atoms with Gasteiger partial charge in [0, 0.05) is 49.9 Å². The first-order chi connectivity index (χ1) is 15.1. The molecule has 152 valence electrons. The minimum absolute atomic E-state index is 0.877. The van der Waals surface area contributed by atoms with Crippen LogP contribution in [0.3, 0.4) is 0 Å². The molecule has 2 N–H and O–H groups in total. The molecular weight excluding hydrogens is 402 g/mol. The van der Waals surface area contributed by atoms with Crippen LogP contribution >= 0.6 is 11.3 Å². The maximum atomic E-state index is 4.59. The lowest BCUT2D eigenvalue weighted by Crippen LogP contribution is -1.85. The van der Waals surface area contributed by atoms with Crippen LogP contribution in [-0.2, 0) is 0 Å². The Morgan fingerprint density at radius 3 is 2.68 bits per heavy atom. The highest BCUT2D eigenvalue weighted by Crippen LogP contribution is 2.35. The number of hydrogen-bond donors (Lipinski definition) is 2. The number of aromatic amines is 2. The second kappa shape index (κ2) is 7.81. The molecule has 6 heteroatoms. The summed E-state index contributed by atoms with van der Waals surface area (Å²) in [4.78, 5) is 14.7. The Labute approximate surface area is 184 Å². The molecule has 0 aliphatic heterocycles. The molecule has 0 spiro atoms. The molecule has 0 atom stereocenters. The lowest BCUT2D eigenvalue weighted by atomic mass is 10.0. The first kappa shape index (κ1) is 19.2. The summed E-state index contributed by atoms with van der Waals surface area (Å²) in [5.74, 6) is 0. The van der Waals surface area contributed by atoms with E-state index in [9.17, 15) is 0 Å². The van der Waals surface area contributed by atoms with Crippen LogP contribution in [0, 0.1) is 13.8 Å². The van der Waals surface area contributed by atoms with Gasteiger partial charge in [-0.15, -0.1) is 11.3 Å². The maximum Gasteiger partial charge on any atom is 0.116 e. The second-order valence-corrected chi connectivity index (χ2v) is 8.66. The van der Waals surface area contributed by atoms with E-state index in [-0.39, 0.29) is 0 Å². The average Bonchev–Trinajstić information content (AvgIpc) is 3.50. The molecule has 5 heterocycles. The minimum atomic E-state index is 0.877. The van der Waals surface area contributed by atoms with Crippen molar-refractivity contribution in [2.24, 2.45) is 0 Å². The molecule has 0 saturated carbocycles. The van der Waals surface area contributed by atoms with Crippen molar-refractivity contribution in [1.82, 2.24) is 25.1 Å². The van der Waals surface area contributed by atoms with E-state index >= 15 is 0 Å². The van der Waals surface area contributed by atoms with Gasteiger partial charge in [0.15, 0.2) is 0 Å². The minimum Gasteiger partial charge on any atom is -0.357 e. The molecule has 5 nitrogen and oxygen atoms in total. The highest BCUT2D eigenvalue weighted by Gasteiger charge is 2.17. The van der Waals surface area contributed by atoms with Crippen LogP contribution < -0.4 is 0 Å². The Balaban J connectivity index is 1.61. The van der Waals surface area contributed by atoms with Crippen molar-refractivity contribution in [3.63, 3.8) is 0 Å². The van der Waals surface area contributed by atoms with E-state index in [1.165, 1.54) is 9.75 Å². The predicted molar refractivity (Wildman–Crippen MR) is 128 cm³/mol. The topological polar surface area (TPSA) is 70.2 Å². The SMILES string of the molecule is C=C/C=C(/c1ccc(C)s1)c1cc(-c2n[nH]c3cnc(-c4ccncc4)cc23)[nH]c1C. The van der Waals surface area contributed by atoms with Gasteiger partial charge in [-0.25, -0.2) is 0 Å². The van der Waals surface area contributed by atoms with Crippen LogP contribution in [0.1, 0.15) is 21.0 Å². The average molecular weight is 424 g/mol. The predicted octanol–water partition coefficient (Wildman–Crippen LogP) is 6.31. The number of thiophene rings is 1. The van der Waals surface area contributed by atoms with E-state index in [1.807, 2.05) is 24.4 Å². The van der Waals surface area contributed by atoms with Gasteiger partial charge in [0.25, 0.3) is 0 Å². The Kier molecular flexibility index (Phi) is 4.84. The number of nitrogens with zero attached hydrogens (tertiary/aromatic N) is 3. The molecule has 0 bridgehead atoms. The maximum absolute atomic E-state index is 4.59. The van der Waals surface area contributed by atoms with Crippen LogP contribution in [-0.4, -0.2) is 25.1 Å². The van der Waals surface area contributed by atoms with Crippen molar-refractivity contribution >= 4 is 27.8 Å². The molecule has 0 aliphatic rings. The van der Waals surface area contributed by atoms with Crippen LogP contribution in [0.2, 0.25) is 0 Å². The fourth-order valence-corrected chi connectivity index (χ4v) is 4.68. The van der Waals surface area contributed by atoms with Crippen molar-refractivity contribution in [1.29, 1.82) is 0 Å². The number of aryl methyl sites for hydroxylation is 2. The zero-order valence-corrected chi connectivity index (χ0v) is 18.1. The van der Waals surface area contributed by atoms with Crippen molar-refractivity contribution in [2.75, 3.05) is 0 Å². The lowest BCUT2D eigenvalue weighted by Gasteiger charge is -2.03. The van der Waals surface area contributed by atoms with Gasteiger partial charge in [-0.05, 0) is 50.2 Å². The van der Waals surface area contributed by atoms with Crippen molar-refractivity contribution in [2.45, 2.75) is 13.8 Å². The van der Waals surface area contributed by atoms with E-state index in [4.69, 9.17) is 0 Å². The van der Waals surface area contributed by atoms with Gasteiger partial charge >= 0.3 is 0 Å². The van der Waals surface area contributed by atoms with E-state index in [1.54, 1.807) is 23.7 Å². The summed E-state index contributed by atoms with van der Waals surface area (Å²) < 4.78 is 0. The number of H-pyrrole nitrogens is 2. The van der Waals surface area contributed by atoms with Gasteiger partial charge in [-0.1, -0.05) is 18.7 Å². The van der Waals surface area contributed by atoms with Crippen molar-refractivity contribution in [3.8, 4) is 22.6 Å². The summed E-state index contributed by atoms with van der Waals surface area (Å²) in [6.07, 6.45) is 9.29. The van der Waals surface area contributed by atoms with Crippen LogP contribution in [0.5, 0.6) is 0 Å². The number of aromatic nitrogens is 5. The summed E-state index contributed by atoms with van der Waals surface area (Å²) in [6, 6.07) is 12.5. The monoisotopic (exact) mass is 423 g/mol. The molecule has 5 aromatic heterocycles. The Morgan fingerprint density at radius 1 is 1.10 bits per heavy atom. The Hall–Kier alpha value is -3.77. The smallest absolute Gasteiger partial charge is 0.116 e. The molecule has 0 aromatic carbocycles. The number of allylic oxidation sites excluding steroid dienone is 2. The number of nitrogens with one attached hydrogen (secondary N) is 2. The largest absolute Gasteiger partial charge is 0.357 e. The molecule has 5 rings (SSSR count). The zero-order valence-electron chi connectivity index (χ0n) is 17.3. The van der Waals surface area contributed by atoms with E-state index in [2.05, 4.69) is 75.9 Å². The molecule has 0 aliphatic carbocycles. The van der Waals surface area contributed by atoms with Crippen LogP contribution in [0.15, 0.2) is 73.7 Å². The molecule has 0 radical (unpaired) electrons. The van der Waals surface area contributed by atoms with Gasteiger partial charge in [0.2, 0.25) is 0 Å². The third-order valence-corrected chi connectivity index (χ3v) is 6.31. The normalized spacial score (nSPS) is 11.9. The van der Waals surface area contributed by atoms with Crippen molar-refractivity contribution in [3.05, 3.63) is 94.7 Å². The third-order valence-electron chi connectivity index (χ3n) is 5.27. The van der Waals surface area contributed by atoms with Gasteiger partial charge in [-0.3, -0.25) is 15.1 Å². The molecule has 0 fully saturated rings. The molecule has 0 saturated heterocycles. The lowest BCUT2D eigenvalue weighted by molar-refractivity contribution is 1.11. The molecule has 0 unspecified atom stereocenters. The molecule has 31 heavy (non-hydrogen) atoms. The van der Waals surface area contributed by atoms with Gasteiger partial charge in [0.05, 0.1) is 23.1 Å². The van der Waals surface area contributed by atoms with Crippen LogP contribution in [0.4, 0.5) is 0 Å². The number of rotatable bonds is 5. The van der Waals surface area contributed by atoms with Gasteiger partial charge < -0.3 is 4.98 Å². The quantitative estimate of drug-likeness (QED) is 0.325. The van der Waals surface area contributed by atoms with Gasteiger partial charge in [0.1, 0.15) is 5.69 Å². The number of fused-ring (bicyclic) bond motifs is 1. The number of hydrogen-bond acceptors (Lipinski definition) is 4. The summed E-state index contributed by atoms with van der Waals surface area (Å²) in [5.41, 5.74) is 8.06. The first-order valence-electron chi connectivity index (χ1n) is 9.98. The number of pyridine rings is 2. The van der Waals surface area contributed by atoms with Crippen molar-refractivity contribution < 1.29 is 0 Å². The third kappa shape index (κ3) is 3.51. The van der Waals surface area contributed by atoms with E-state index < -0.39 is 0 Å². The zero-order chi connectivity index (χ0) is 21.4.